The Kier molecular flexibility index (Phi) is 7.44. The minimum absolute atomic E-state index is 0.148. The first-order valence-corrected chi connectivity index (χ1v) is 11.1. The standard InChI is InChI=1S/C22H21N5O2.C2HF3O2/c28-22-19-14-24-27(17-7-11-29-12-8-17)21(19)25-20(26-22)13-16-3-1-2-4-18(16)15-5-9-23-10-6-15;3-2(4,5)1(6)7/h1-6,9-10,14,17H,7-8,11-13H2,(H,25,26,28);(H,6,7). The van der Waals surface area contributed by atoms with Gasteiger partial charge in [0.25, 0.3) is 5.56 Å². The molecular weight excluding hydrogens is 479 g/mol. The number of fused-ring (bicyclic) bond motifs is 1. The van der Waals surface area contributed by atoms with E-state index >= 15 is 0 Å². The summed E-state index contributed by atoms with van der Waals surface area (Å²) >= 11 is 0. The second kappa shape index (κ2) is 10.7. The van der Waals surface area contributed by atoms with E-state index in [9.17, 15) is 18.0 Å². The Balaban J connectivity index is 0.000000384. The minimum Gasteiger partial charge on any atom is -0.475 e. The third-order valence-electron chi connectivity index (χ3n) is 5.66. The number of hydrogen-bond donors (Lipinski definition) is 2. The van der Waals surface area contributed by atoms with Crippen molar-refractivity contribution in [3.8, 4) is 11.1 Å². The number of nitrogens with one attached hydrogen (secondary N) is 1. The number of benzene rings is 1. The van der Waals surface area contributed by atoms with Crippen molar-refractivity contribution in [2.75, 3.05) is 13.2 Å². The number of carboxylic acid groups (broad SMARTS) is 1. The number of rotatable bonds is 4. The number of aliphatic carboxylic acids is 1. The van der Waals surface area contributed by atoms with Gasteiger partial charge in [0, 0.05) is 32.0 Å². The van der Waals surface area contributed by atoms with Crippen LogP contribution in [0.3, 0.4) is 0 Å². The number of carbonyl (C=O) groups is 1. The summed E-state index contributed by atoms with van der Waals surface area (Å²) in [6.45, 7) is 1.42. The van der Waals surface area contributed by atoms with E-state index in [0.29, 0.717) is 36.5 Å². The number of H-pyrrole nitrogens is 1. The molecule has 0 amide bonds. The Morgan fingerprint density at radius 3 is 2.47 bits per heavy atom. The lowest BCUT2D eigenvalue weighted by atomic mass is 9.98. The van der Waals surface area contributed by atoms with E-state index in [1.165, 1.54) is 0 Å². The summed E-state index contributed by atoms with van der Waals surface area (Å²) in [5.41, 5.74) is 3.79. The predicted molar refractivity (Wildman–Crippen MR) is 123 cm³/mol. The molecule has 1 saturated heterocycles. The molecule has 0 spiro atoms. The molecule has 0 saturated carbocycles. The molecule has 5 rings (SSSR count). The lowest BCUT2D eigenvalue weighted by Gasteiger charge is -2.22. The molecule has 0 atom stereocenters. The van der Waals surface area contributed by atoms with Crippen molar-refractivity contribution in [1.29, 1.82) is 0 Å². The SMILES string of the molecule is O=C(O)C(F)(F)F.O=c1[nH]c(Cc2ccccc2-c2ccncc2)nc2c1cnn2C1CCOCC1. The molecule has 1 fully saturated rings. The highest BCUT2D eigenvalue weighted by Gasteiger charge is 2.38. The molecule has 1 aliphatic heterocycles. The maximum atomic E-state index is 12.7. The van der Waals surface area contributed by atoms with Gasteiger partial charge in [-0.2, -0.15) is 18.3 Å². The van der Waals surface area contributed by atoms with Gasteiger partial charge in [0.15, 0.2) is 5.65 Å². The van der Waals surface area contributed by atoms with Gasteiger partial charge >= 0.3 is 12.1 Å². The van der Waals surface area contributed by atoms with Crippen LogP contribution in [0.4, 0.5) is 13.2 Å². The predicted octanol–water partition coefficient (Wildman–Crippen LogP) is 3.76. The molecule has 2 N–H and O–H groups in total. The molecule has 4 aromatic rings. The summed E-state index contributed by atoms with van der Waals surface area (Å²) in [7, 11) is 0. The van der Waals surface area contributed by atoms with Crippen LogP contribution >= 0.6 is 0 Å². The van der Waals surface area contributed by atoms with Gasteiger partial charge in [0.05, 0.1) is 12.2 Å². The van der Waals surface area contributed by atoms with Gasteiger partial charge in [-0.25, -0.2) is 14.5 Å². The van der Waals surface area contributed by atoms with Crippen LogP contribution < -0.4 is 5.56 Å². The third-order valence-corrected chi connectivity index (χ3v) is 5.66. The van der Waals surface area contributed by atoms with Crippen molar-refractivity contribution in [2.24, 2.45) is 0 Å². The Bertz CT molecular complexity index is 1400. The smallest absolute Gasteiger partial charge is 0.475 e. The van der Waals surface area contributed by atoms with Crippen LogP contribution in [0, 0.1) is 0 Å². The second-order valence-corrected chi connectivity index (χ2v) is 8.06. The first-order chi connectivity index (χ1) is 17.2. The summed E-state index contributed by atoms with van der Waals surface area (Å²) in [4.78, 5) is 33.4. The number of aromatic amines is 1. The molecule has 1 aliphatic rings. The van der Waals surface area contributed by atoms with E-state index in [4.69, 9.17) is 19.6 Å². The molecule has 0 radical (unpaired) electrons. The fourth-order valence-corrected chi connectivity index (χ4v) is 3.93. The number of pyridine rings is 1. The molecule has 9 nitrogen and oxygen atoms in total. The summed E-state index contributed by atoms with van der Waals surface area (Å²) in [5, 5.41) is 12.1. The van der Waals surface area contributed by atoms with Gasteiger partial charge in [0.2, 0.25) is 0 Å². The molecule has 3 aromatic heterocycles. The van der Waals surface area contributed by atoms with Crippen LogP contribution in [0.2, 0.25) is 0 Å². The number of carboxylic acids is 1. The zero-order valence-corrected chi connectivity index (χ0v) is 18.9. The summed E-state index contributed by atoms with van der Waals surface area (Å²) in [6.07, 6.45) is 2.39. The highest BCUT2D eigenvalue weighted by atomic mass is 19.4. The number of alkyl halides is 3. The Morgan fingerprint density at radius 2 is 1.81 bits per heavy atom. The van der Waals surface area contributed by atoms with Crippen molar-refractivity contribution in [2.45, 2.75) is 31.5 Å². The van der Waals surface area contributed by atoms with E-state index in [0.717, 1.165) is 29.5 Å². The van der Waals surface area contributed by atoms with Crippen molar-refractivity contribution >= 4 is 17.0 Å². The van der Waals surface area contributed by atoms with E-state index in [1.807, 2.05) is 28.9 Å². The van der Waals surface area contributed by atoms with Gasteiger partial charge in [-0.05, 0) is 41.7 Å². The zero-order chi connectivity index (χ0) is 25.7. The van der Waals surface area contributed by atoms with Gasteiger partial charge in [-0.1, -0.05) is 24.3 Å². The normalized spacial score (nSPS) is 14.3. The number of aromatic nitrogens is 5. The van der Waals surface area contributed by atoms with Crippen molar-refractivity contribution in [1.82, 2.24) is 24.7 Å². The monoisotopic (exact) mass is 501 g/mol. The fraction of sp³-hybridized carbons (Fsp3) is 0.292. The van der Waals surface area contributed by atoms with E-state index in [1.54, 1.807) is 18.6 Å². The van der Waals surface area contributed by atoms with Crippen molar-refractivity contribution in [3.63, 3.8) is 0 Å². The van der Waals surface area contributed by atoms with E-state index in [2.05, 4.69) is 27.2 Å². The van der Waals surface area contributed by atoms with Crippen LogP contribution in [-0.2, 0) is 16.0 Å². The Morgan fingerprint density at radius 1 is 1.14 bits per heavy atom. The van der Waals surface area contributed by atoms with Gasteiger partial charge in [-0.3, -0.25) is 9.78 Å². The molecule has 1 aromatic carbocycles. The minimum atomic E-state index is -5.08. The Labute approximate surface area is 202 Å². The Hall–Kier alpha value is -4.06. The first kappa shape index (κ1) is 25.0. The topological polar surface area (TPSA) is 123 Å². The van der Waals surface area contributed by atoms with Crippen molar-refractivity contribution in [3.05, 3.63) is 76.7 Å². The highest BCUT2D eigenvalue weighted by Crippen LogP contribution is 2.26. The quantitative estimate of drug-likeness (QED) is 0.437. The molecular formula is C24H22F3N5O4. The average Bonchev–Trinajstić information content (AvgIpc) is 3.30. The van der Waals surface area contributed by atoms with Gasteiger partial charge in [0.1, 0.15) is 11.2 Å². The summed E-state index contributed by atoms with van der Waals surface area (Å²) in [5.74, 6) is -2.12. The summed E-state index contributed by atoms with van der Waals surface area (Å²) in [6, 6.07) is 12.3. The number of nitrogens with zero attached hydrogens (tertiary/aromatic N) is 4. The first-order valence-electron chi connectivity index (χ1n) is 11.1. The fourth-order valence-electron chi connectivity index (χ4n) is 3.93. The maximum absolute atomic E-state index is 12.7. The average molecular weight is 501 g/mol. The molecule has 4 heterocycles. The van der Waals surface area contributed by atoms with Crippen LogP contribution in [-0.4, -0.2) is 55.2 Å². The largest absolute Gasteiger partial charge is 0.490 e. The highest BCUT2D eigenvalue weighted by molar-refractivity contribution is 5.74. The molecule has 0 unspecified atom stereocenters. The van der Waals surface area contributed by atoms with E-state index < -0.39 is 12.1 Å². The third kappa shape index (κ3) is 5.77. The van der Waals surface area contributed by atoms with Crippen LogP contribution in [0.1, 0.15) is 30.3 Å². The second-order valence-electron chi connectivity index (χ2n) is 8.06. The van der Waals surface area contributed by atoms with Crippen LogP contribution in [0.5, 0.6) is 0 Å². The van der Waals surface area contributed by atoms with Gasteiger partial charge < -0.3 is 14.8 Å². The molecule has 36 heavy (non-hydrogen) atoms. The van der Waals surface area contributed by atoms with Crippen LogP contribution in [0.25, 0.3) is 22.2 Å². The van der Waals surface area contributed by atoms with Crippen LogP contribution in [0.15, 0.2) is 59.8 Å². The number of ether oxygens (including phenoxy) is 1. The molecule has 0 aliphatic carbocycles. The number of halogens is 3. The summed E-state index contributed by atoms with van der Waals surface area (Å²) < 4.78 is 39.1. The zero-order valence-electron chi connectivity index (χ0n) is 18.9. The molecule has 12 heteroatoms. The number of hydrogen-bond acceptors (Lipinski definition) is 6. The maximum Gasteiger partial charge on any atom is 0.490 e. The van der Waals surface area contributed by atoms with Gasteiger partial charge in [-0.15, -0.1) is 0 Å². The van der Waals surface area contributed by atoms with Crippen molar-refractivity contribution < 1.29 is 27.8 Å². The molecule has 0 bridgehead atoms. The lowest BCUT2D eigenvalue weighted by Crippen LogP contribution is -2.21. The molecule has 188 valence electrons. The van der Waals surface area contributed by atoms with E-state index in [-0.39, 0.29) is 11.6 Å². The lowest BCUT2D eigenvalue weighted by molar-refractivity contribution is -0.192.